The van der Waals surface area contributed by atoms with Gasteiger partial charge in [-0.1, -0.05) is 6.92 Å². The van der Waals surface area contributed by atoms with Crippen LogP contribution in [0.25, 0.3) is 0 Å². The number of likely N-dealkylation sites (tertiary alicyclic amines) is 2. The molecule has 2 saturated heterocycles. The molecule has 25 heavy (non-hydrogen) atoms. The van der Waals surface area contributed by atoms with Crippen LogP contribution in [0, 0.1) is 5.41 Å². The first-order valence-electron chi connectivity index (χ1n) is 10.2. The number of nitrogens with zero attached hydrogens (tertiary/aromatic N) is 2. The lowest BCUT2D eigenvalue weighted by Crippen LogP contribution is -2.59. The molecule has 3 aliphatic rings. The Hall–Kier alpha value is -0.680. The number of rotatable bonds is 5. The van der Waals surface area contributed by atoms with Crippen LogP contribution in [0.4, 0.5) is 4.39 Å². The highest BCUT2D eigenvalue weighted by Crippen LogP contribution is 2.57. The zero-order valence-corrected chi connectivity index (χ0v) is 16.2. The zero-order valence-electron chi connectivity index (χ0n) is 16.2. The second-order valence-corrected chi connectivity index (χ2v) is 8.90. The van der Waals surface area contributed by atoms with Crippen LogP contribution in [-0.2, 0) is 9.53 Å². The third kappa shape index (κ3) is 4.54. The van der Waals surface area contributed by atoms with Crippen molar-refractivity contribution in [1.82, 2.24) is 9.80 Å². The fraction of sp³-hybridized carbons (Fsp3) is 0.950. The van der Waals surface area contributed by atoms with E-state index in [0.29, 0.717) is 31.9 Å². The Labute approximate surface area is 152 Å². The first-order valence-corrected chi connectivity index (χ1v) is 10.2. The maximum absolute atomic E-state index is 15.2. The summed E-state index contributed by atoms with van der Waals surface area (Å²) in [6.07, 6.45) is 6.59. The number of alkyl halides is 1. The van der Waals surface area contributed by atoms with Crippen molar-refractivity contribution in [2.45, 2.75) is 83.6 Å². The fourth-order valence-corrected chi connectivity index (χ4v) is 5.20. The Morgan fingerprint density at radius 3 is 2.28 bits per heavy atom. The molecule has 1 amide bonds. The van der Waals surface area contributed by atoms with Gasteiger partial charge in [-0.05, 0) is 57.8 Å². The molecule has 2 heterocycles. The lowest BCUT2D eigenvalue weighted by Gasteiger charge is -2.56. The molecule has 0 atom stereocenters. The highest BCUT2D eigenvalue weighted by molar-refractivity contribution is 5.75. The van der Waals surface area contributed by atoms with Crippen LogP contribution in [0.1, 0.15) is 65.7 Å². The number of hydrogen-bond acceptors (Lipinski definition) is 3. The minimum Gasteiger partial charge on any atom is -0.375 e. The van der Waals surface area contributed by atoms with Gasteiger partial charge in [-0.3, -0.25) is 9.69 Å². The van der Waals surface area contributed by atoms with Crippen molar-refractivity contribution in [2.75, 3.05) is 32.7 Å². The summed E-state index contributed by atoms with van der Waals surface area (Å²) in [5.74, 6) is 0.243. The highest BCUT2D eigenvalue weighted by Gasteiger charge is 2.56. The van der Waals surface area contributed by atoms with Gasteiger partial charge >= 0.3 is 0 Å². The Kier molecular flexibility index (Phi) is 5.74. The van der Waals surface area contributed by atoms with Crippen LogP contribution in [0.2, 0.25) is 0 Å². The van der Waals surface area contributed by atoms with Crippen molar-refractivity contribution in [3.05, 3.63) is 0 Å². The summed E-state index contributed by atoms with van der Waals surface area (Å²) in [6, 6.07) is 0. The van der Waals surface area contributed by atoms with Crippen molar-refractivity contribution in [3.63, 3.8) is 0 Å². The van der Waals surface area contributed by atoms with E-state index in [1.807, 2.05) is 11.8 Å². The third-order valence-corrected chi connectivity index (χ3v) is 6.37. The lowest BCUT2D eigenvalue weighted by atomic mass is 9.55. The van der Waals surface area contributed by atoms with E-state index >= 15 is 4.39 Å². The van der Waals surface area contributed by atoms with Crippen molar-refractivity contribution < 1.29 is 13.9 Å². The van der Waals surface area contributed by atoms with Crippen LogP contribution in [0.3, 0.4) is 0 Å². The Bertz CT molecular complexity index is 458. The molecule has 3 rings (SSSR count). The van der Waals surface area contributed by atoms with Crippen LogP contribution in [0.5, 0.6) is 0 Å². The Morgan fingerprint density at radius 2 is 1.76 bits per heavy atom. The number of carbonyl (C=O) groups excluding carboxylic acids is 1. The molecule has 0 unspecified atom stereocenters. The van der Waals surface area contributed by atoms with Gasteiger partial charge in [0.2, 0.25) is 5.91 Å². The highest BCUT2D eigenvalue weighted by atomic mass is 19.1. The molecule has 144 valence electrons. The molecule has 0 radical (unpaired) electrons. The van der Waals surface area contributed by atoms with Gasteiger partial charge in [0.25, 0.3) is 0 Å². The molecule has 1 aliphatic carbocycles. The molecule has 0 aromatic carbocycles. The SMILES string of the molecule is CCC(=O)N1CCC2(CC1)CC(F)(CN1CCC(OC(C)C)CC1)C2. The zero-order chi connectivity index (χ0) is 18.1. The predicted molar refractivity (Wildman–Crippen MR) is 97.3 cm³/mol. The molecule has 0 bridgehead atoms. The summed E-state index contributed by atoms with van der Waals surface area (Å²) >= 11 is 0. The van der Waals surface area contributed by atoms with Crippen molar-refractivity contribution >= 4 is 5.91 Å². The van der Waals surface area contributed by atoms with Crippen LogP contribution < -0.4 is 0 Å². The van der Waals surface area contributed by atoms with Gasteiger partial charge in [-0.15, -0.1) is 0 Å². The van der Waals surface area contributed by atoms with Crippen molar-refractivity contribution in [1.29, 1.82) is 0 Å². The molecule has 4 nitrogen and oxygen atoms in total. The van der Waals surface area contributed by atoms with Gasteiger partial charge in [-0.2, -0.15) is 0 Å². The molecule has 0 N–H and O–H groups in total. The summed E-state index contributed by atoms with van der Waals surface area (Å²) < 4.78 is 21.1. The Morgan fingerprint density at radius 1 is 1.16 bits per heavy atom. The standard InChI is InChI=1S/C20H35FN2O2/c1-4-18(24)23-11-7-19(8-12-23)13-20(21,14-19)15-22-9-5-17(6-10-22)25-16(2)3/h16-17H,4-15H2,1-3H3. The van der Waals surface area contributed by atoms with Gasteiger partial charge in [0.05, 0.1) is 12.2 Å². The number of ether oxygens (including phenoxy) is 1. The number of carbonyl (C=O) groups is 1. The maximum Gasteiger partial charge on any atom is 0.222 e. The van der Waals surface area contributed by atoms with Gasteiger partial charge in [0, 0.05) is 39.1 Å². The summed E-state index contributed by atoms with van der Waals surface area (Å²) in [5, 5.41) is 0. The van der Waals surface area contributed by atoms with E-state index < -0.39 is 5.67 Å². The van der Waals surface area contributed by atoms with E-state index in [1.54, 1.807) is 0 Å². The molecule has 5 heteroatoms. The van der Waals surface area contributed by atoms with Crippen LogP contribution in [0.15, 0.2) is 0 Å². The largest absolute Gasteiger partial charge is 0.375 e. The minimum atomic E-state index is -1.01. The topological polar surface area (TPSA) is 32.8 Å². The summed E-state index contributed by atoms with van der Waals surface area (Å²) in [4.78, 5) is 16.1. The van der Waals surface area contributed by atoms with Crippen molar-refractivity contribution in [3.8, 4) is 0 Å². The van der Waals surface area contributed by atoms with Crippen LogP contribution in [-0.4, -0.2) is 66.3 Å². The smallest absolute Gasteiger partial charge is 0.222 e. The molecule has 2 aliphatic heterocycles. The maximum atomic E-state index is 15.2. The molecule has 0 aromatic heterocycles. The molecule has 0 aromatic rings. The van der Waals surface area contributed by atoms with E-state index in [4.69, 9.17) is 4.74 Å². The number of halogens is 1. The monoisotopic (exact) mass is 354 g/mol. The van der Waals surface area contributed by atoms with E-state index in [9.17, 15) is 4.79 Å². The van der Waals surface area contributed by atoms with E-state index in [2.05, 4.69) is 18.7 Å². The normalized spacial score (nSPS) is 26.8. The molecule has 1 saturated carbocycles. The van der Waals surface area contributed by atoms with Crippen molar-refractivity contribution in [2.24, 2.45) is 5.41 Å². The fourth-order valence-electron chi connectivity index (χ4n) is 5.20. The first kappa shape index (κ1) is 19.1. The molecule has 1 spiro atoms. The first-order chi connectivity index (χ1) is 11.8. The second-order valence-electron chi connectivity index (χ2n) is 8.90. The number of amides is 1. The molecular formula is C20H35FN2O2. The van der Waals surface area contributed by atoms with E-state index in [-0.39, 0.29) is 17.4 Å². The van der Waals surface area contributed by atoms with Gasteiger partial charge in [0.1, 0.15) is 5.67 Å². The Balaban J connectivity index is 1.41. The average Bonchev–Trinajstić information content (AvgIpc) is 2.55. The van der Waals surface area contributed by atoms with E-state index in [0.717, 1.165) is 51.9 Å². The second kappa shape index (κ2) is 7.51. The van der Waals surface area contributed by atoms with E-state index in [1.165, 1.54) is 0 Å². The average molecular weight is 355 g/mol. The number of piperidine rings is 2. The quantitative estimate of drug-likeness (QED) is 0.759. The predicted octanol–water partition coefficient (Wildman–Crippen LogP) is 3.40. The van der Waals surface area contributed by atoms with Gasteiger partial charge in [0.15, 0.2) is 0 Å². The molecule has 3 fully saturated rings. The lowest BCUT2D eigenvalue weighted by molar-refractivity contribution is -0.142. The summed E-state index contributed by atoms with van der Waals surface area (Å²) in [6.45, 7) is 10.2. The molecular weight excluding hydrogens is 319 g/mol. The summed E-state index contributed by atoms with van der Waals surface area (Å²) in [5.41, 5.74) is -0.846. The van der Waals surface area contributed by atoms with Crippen LogP contribution >= 0.6 is 0 Å². The number of hydrogen-bond donors (Lipinski definition) is 0. The van der Waals surface area contributed by atoms with Gasteiger partial charge < -0.3 is 9.64 Å². The third-order valence-electron chi connectivity index (χ3n) is 6.37. The minimum absolute atomic E-state index is 0.165. The van der Waals surface area contributed by atoms with Gasteiger partial charge in [-0.25, -0.2) is 4.39 Å². The summed E-state index contributed by atoms with van der Waals surface area (Å²) in [7, 11) is 0.